The summed E-state index contributed by atoms with van der Waals surface area (Å²) in [5.41, 5.74) is 3.41. The Labute approximate surface area is 160 Å². The number of rotatable bonds is 8. The lowest BCUT2D eigenvalue weighted by atomic mass is 10.0. The first-order valence-corrected chi connectivity index (χ1v) is 9.09. The van der Waals surface area contributed by atoms with Crippen molar-refractivity contribution in [1.29, 1.82) is 0 Å². The third-order valence-corrected chi connectivity index (χ3v) is 4.27. The fourth-order valence-corrected chi connectivity index (χ4v) is 2.91. The summed E-state index contributed by atoms with van der Waals surface area (Å²) < 4.78 is 5.38. The molecular formula is C21H25N5O. The van der Waals surface area contributed by atoms with Crippen LogP contribution in [0.2, 0.25) is 0 Å². The molecule has 2 N–H and O–H groups in total. The van der Waals surface area contributed by atoms with Crippen molar-refractivity contribution in [2.24, 2.45) is 0 Å². The van der Waals surface area contributed by atoms with Crippen LogP contribution in [-0.4, -0.2) is 28.8 Å². The monoisotopic (exact) mass is 363 g/mol. The second-order valence-corrected chi connectivity index (χ2v) is 6.52. The first-order valence-electron chi connectivity index (χ1n) is 9.09. The van der Waals surface area contributed by atoms with Crippen LogP contribution < -0.4 is 15.4 Å². The SMILES string of the molecule is COc1ccccc1CCNc1nncc(Nc2ccccc2C(C)C)n1. The molecule has 2 aromatic carbocycles. The van der Waals surface area contributed by atoms with E-state index in [1.54, 1.807) is 13.3 Å². The highest BCUT2D eigenvalue weighted by atomic mass is 16.5. The molecule has 0 spiro atoms. The second kappa shape index (κ2) is 8.98. The summed E-state index contributed by atoms with van der Waals surface area (Å²) in [5, 5.41) is 14.7. The van der Waals surface area contributed by atoms with E-state index < -0.39 is 0 Å². The van der Waals surface area contributed by atoms with Crippen LogP contribution in [0.15, 0.2) is 54.7 Å². The molecule has 0 saturated carbocycles. The van der Waals surface area contributed by atoms with Crippen molar-refractivity contribution in [3.8, 4) is 5.75 Å². The number of hydrogen-bond donors (Lipinski definition) is 2. The van der Waals surface area contributed by atoms with Gasteiger partial charge in [-0.3, -0.25) is 0 Å². The van der Waals surface area contributed by atoms with Gasteiger partial charge in [-0.15, -0.1) is 5.10 Å². The van der Waals surface area contributed by atoms with Crippen molar-refractivity contribution >= 4 is 17.5 Å². The zero-order valence-corrected chi connectivity index (χ0v) is 15.9. The van der Waals surface area contributed by atoms with E-state index in [9.17, 15) is 0 Å². The molecular weight excluding hydrogens is 338 g/mol. The van der Waals surface area contributed by atoms with Crippen LogP contribution in [0.5, 0.6) is 5.75 Å². The zero-order valence-electron chi connectivity index (χ0n) is 15.9. The molecule has 6 nitrogen and oxygen atoms in total. The van der Waals surface area contributed by atoms with Crippen LogP contribution in [0.4, 0.5) is 17.5 Å². The zero-order chi connectivity index (χ0) is 19.1. The van der Waals surface area contributed by atoms with Crippen LogP contribution >= 0.6 is 0 Å². The molecule has 0 aliphatic carbocycles. The Hall–Kier alpha value is -3.15. The van der Waals surface area contributed by atoms with Crippen molar-refractivity contribution in [2.45, 2.75) is 26.2 Å². The number of aromatic nitrogens is 3. The third kappa shape index (κ3) is 4.94. The highest BCUT2D eigenvalue weighted by Crippen LogP contribution is 2.26. The van der Waals surface area contributed by atoms with E-state index in [2.05, 4.69) is 51.8 Å². The van der Waals surface area contributed by atoms with Gasteiger partial charge in [0.15, 0.2) is 5.82 Å². The molecule has 140 valence electrons. The number of anilines is 3. The van der Waals surface area contributed by atoms with Gasteiger partial charge in [-0.1, -0.05) is 50.2 Å². The number of para-hydroxylation sites is 2. The number of nitrogens with one attached hydrogen (secondary N) is 2. The largest absolute Gasteiger partial charge is 0.496 e. The quantitative estimate of drug-likeness (QED) is 0.618. The van der Waals surface area contributed by atoms with Gasteiger partial charge in [0, 0.05) is 12.2 Å². The van der Waals surface area contributed by atoms with E-state index in [-0.39, 0.29) is 0 Å². The van der Waals surface area contributed by atoms with Crippen LogP contribution in [-0.2, 0) is 6.42 Å². The fraction of sp³-hybridized carbons (Fsp3) is 0.286. The highest BCUT2D eigenvalue weighted by Gasteiger charge is 2.08. The molecule has 0 unspecified atom stereocenters. The third-order valence-electron chi connectivity index (χ3n) is 4.27. The summed E-state index contributed by atoms with van der Waals surface area (Å²) in [4.78, 5) is 4.52. The Kier molecular flexibility index (Phi) is 6.20. The van der Waals surface area contributed by atoms with Gasteiger partial charge in [0.25, 0.3) is 0 Å². The normalized spacial score (nSPS) is 10.7. The molecule has 6 heteroatoms. The minimum absolute atomic E-state index is 0.418. The smallest absolute Gasteiger partial charge is 0.244 e. The molecule has 0 aliphatic heterocycles. The maximum Gasteiger partial charge on any atom is 0.244 e. The van der Waals surface area contributed by atoms with Crippen LogP contribution in [0.3, 0.4) is 0 Å². The minimum atomic E-state index is 0.418. The van der Waals surface area contributed by atoms with Gasteiger partial charge in [0.05, 0.1) is 13.3 Å². The molecule has 27 heavy (non-hydrogen) atoms. The maximum absolute atomic E-state index is 5.38. The van der Waals surface area contributed by atoms with Gasteiger partial charge < -0.3 is 15.4 Å². The Bertz CT molecular complexity index is 882. The summed E-state index contributed by atoms with van der Waals surface area (Å²) in [6.45, 7) is 5.03. The molecule has 0 fully saturated rings. The summed E-state index contributed by atoms with van der Waals surface area (Å²) >= 11 is 0. The Morgan fingerprint density at radius 3 is 2.63 bits per heavy atom. The van der Waals surface area contributed by atoms with E-state index in [1.165, 1.54) is 5.56 Å². The summed E-state index contributed by atoms with van der Waals surface area (Å²) in [7, 11) is 1.68. The standard InChI is InChI=1S/C21H25N5O/c1-15(2)17-9-5-6-10-18(17)24-20-14-23-26-21(25-20)22-13-12-16-8-4-7-11-19(16)27-3/h4-11,14-15H,12-13H2,1-3H3,(H2,22,24,25,26). The second-order valence-electron chi connectivity index (χ2n) is 6.52. The first-order chi connectivity index (χ1) is 13.2. The van der Waals surface area contributed by atoms with E-state index in [0.29, 0.717) is 24.2 Å². The molecule has 0 amide bonds. The minimum Gasteiger partial charge on any atom is -0.496 e. The van der Waals surface area contributed by atoms with Gasteiger partial charge in [-0.25, -0.2) is 0 Å². The molecule has 3 aromatic rings. The van der Waals surface area contributed by atoms with E-state index >= 15 is 0 Å². The number of methoxy groups -OCH3 is 1. The molecule has 1 heterocycles. The van der Waals surface area contributed by atoms with Gasteiger partial charge in [0.1, 0.15) is 5.75 Å². The van der Waals surface area contributed by atoms with Gasteiger partial charge in [-0.2, -0.15) is 10.1 Å². The lowest BCUT2D eigenvalue weighted by Gasteiger charge is -2.14. The first kappa shape index (κ1) is 18.6. The highest BCUT2D eigenvalue weighted by molar-refractivity contribution is 5.61. The van der Waals surface area contributed by atoms with Gasteiger partial charge in [0.2, 0.25) is 5.95 Å². The molecule has 0 bridgehead atoms. The lowest BCUT2D eigenvalue weighted by molar-refractivity contribution is 0.410. The fourth-order valence-electron chi connectivity index (χ4n) is 2.91. The number of ether oxygens (including phenoxy) is 1. The summed E-state index contributed by atoms with van der Waals surface area (Å²) in [6, 6.07) is 16.2. The van der Waals surface area contributed by atoms with Gasteiger partial charge >= 0.3 is 0 Å². The van der Waals surface area contributed by atoms with Crippen molar-refractivity contribution < 1.29 is 4.74 Å². The van der Waals surface area contributed by atoms with E-state index in [4.69, 9.17) is 4.74 Å². The predicted octanol–water partition coefficient (Wildman–Crippen LogP) is 4.40. The molecule has 0 aliphatic rings. The average molecular weight is 363 g/mol. The lowest BCUT2D eigenvalue weighted by Crippen LogP contribution is -2.10. The molecule has 0 radical (unpaired) electrons. The molecule has 0 saturated heterocycles. The molecule has 3 rings (SSSR count). The van der Waals surface area contributed by atoms with Crippen molar-refractivity contribution in [3.05, 3.63) is 65.9 Å². The Morgan fingerprint density at radius 1 is 1.04 bits per heavy atom. The van der Waals surface area contributed by atoms with Crippen LogP contribution in [0.25, 0.3) is 0 Å². The number of hydrogen-bond acceptors (Lipinski definition) is 6. The van der Waals surface area contributed by atoms with E-state index in [0.717, 1.165) is 23.4 Å². The van der Waals surface area contributed by atoms with E-state index in [1.807, 2.05) is 36.4 Å². The van der Waals surface area contributed by atoms with Crippen LogP contribution in [0, 0.1) is 0 Å². The molecule has 0 atom stereocenters. The molecule has 1 aromatic heterocycles. The average Bonchev–Trinajstić information content (AvgIpc) is 2.69. The number of nitrogens with zero attached hydrogens (tertiary/aromatic N) is 3. The Morgan fingerprint density at radius 2 is 1.81 bits per heavy atom. The summed E-state index contributed by atoms with van der Waals surface area (Å²) in [6.07, 6.45) is 2.43. The van der Waals surface area contributed by atoms with Crippen molar-refractivity contribution in [1.82, 2.24) is 15.2 Å². The summed E-state index contributed by atoms with van der Waals surface area (Å²) in [5.74, 6) is 2.47. The number of benzene rings is 2. The topological polar surface area (TPSA) is 72.0 Å². The maximum atomic E-state index is 5.38. The van der Waals surface area contributed by atoms with Crippen molar-refractivity contribution in [2.75, 3.05) is 24.3 Å². The van der Waals surface area contributed by atoms with Crippen LogP contribution in [0.1, 0.15) is 30.9 Å². The Balaban J connectivity index is 1.64. The predicted molar refractivity (Wildman–Crippen MR) is 109 cm³/mol. The van der Waals surface area contributed by atoms with Gasteiger partial charge in [-0.05, 0) is 35.6 Å². The van der Waals surface area contributed by atoms with Crippen molar-refractivity contribution in [3.63, 3.8) is 0 Å².